The lowest BCUT2D eigenvalue weighted by Crippen LogP contribution is -2.14. The second-order valence-electron chi connectivity index (χ2n) is 7.27. The second-order valence-corrected chi connectivity index (χ2v) is 7.27. The minimum Gasteiger partial charge on any atom is -0.324 e. The van der Waals surface area contributed by atoms with Crippen molar-refractivity contribution in [1.29, 1.82) is 0 Å². The van der Waals surface area contributed by atoms with E-state index < -0.39 is 5.91 Å². The fraction of sp³-hybridized carbons (Fsp3) is 0.0833. The molecule has 1 aromatic carbocycles. The fourth-order valence-electron chi connectivity index (χ4n) is 3.53. The van der Waals surface area contributed by atoms with Crippen molar-refractivity contribution in [2.24, 2.45) is 4.99 Å². The summed E-state index contributed by atoms with van der Waals surface area (Å²) in [4.78, 5) is 45.7. The summed E-state index contributed by atoms with van der Waals surface area (Å²) in [5.41, 5.74) is 4.28. The van der Waals surface area contributed by atoms with E-state index in [9.17, 15) is 9.59 Å². The molecule has 1 aliphatic rings. The summed E-state index contributed by atoms with van der Waals surface area (Å²) in [6.07, 6.45) is 7.91. The zero-order chi connectivity index (χ0) is 21.9. The van der Waals surface area contributed by atoms with E-state index in [4.69, 9.17) is 0 Å². The number of para-hydroxylation sites is 1. The number of hydrogen-bond acceptors (Lipinski definition) is 6. The SMILES string of the molecule is O=C(Nc1nc2c(C(=O)CC3=NC=CC3)cccc2[nH]1)c1cccc(-c2ccncc2)n1. The van der Waals surface area contributed by atoms with E-state index in [0.717, 1.165) is 11.3 Å². The van der Waals surface area contributed by atoms with Crippen molar-refractivity contribution in [2.45, 2.75) is 12.8 Å². The molecule has 1 aliphatic heterocycles. The highest BCUT2D eigenvalue weighted by Gasteiger charge is 2.18. The lowest BCUT2D eigenvalue weighted by atomic mass is 10.0. The highest BCUT2D eigenvalue weighted by Crippen LogP contribution is 2.22. The Kier molecular flexibility index (Phi) is 5.09. The van der Waals surface area contributed by atoms with Gasteiger partial charge < -0.3 is 4.98 Å². The van der Waals surface area contributed by atoms with Crippen molar-refractivity contribution in [3.05, 3.63) is 84.5 Å². The van der Waals surface area contributed by atoms with Crippen molar-refractivity contribution in [3.8, 4) is 11.3 Å². The van der Waals surface area contributed by atoms with Gasteiger partial charge in [-0.05, 0) is 36.4 Å². The van der Waals surface area contributed by atoms with Crippen LogP contribution in [0.15, 0.2) is 78.2 Å². The van der Waals surface area contributed by atoms with Crippen LogP contribution in [0.25, 0.3) is 22.3 Å². The number of H-pyrrole nitrogens is 1. The molecule has 0 fully saturated rings. The quantitative estimate of drug-likeness (QED) is 0.452. The van der Waals surface area contributed by atoms with Crippen LogP contribution in [0.5, 0.6) is 0 Å². The number of aromatic nitrogens is 4. The number of anilines is 1. The maximum atomic E-state index is 12.8. The first-order valence-electron chi connectivity index (χ1n) is 10.1. The molecule has 8 nitrogen and oxygen atoms in total. The second kappa shape index (κ2) is 8.35. The molecular weight excluding hydrogens is 404 g/mol. The molecule has 4 aromatic rings. The molecule has 32 heavy (non-hydrogen) atoms. The number of amides is 1. The molecule has 0 unspecified atom stereocenters. The summed E-state index contributed by atoms with van der Waals surface area (Å²) in [6.45, 7) is 0. The Labute approximate surface area is 183 Å². The van der Waals surface area contributed by atoms with Crippen LogP contribution in [-0.4, -0.2) is 37.3 Å². The molecule has 8 heteroatoms. The largest absolute Gasteiger partial charge is 0.324 e. The molecule has 0 atom stereocenters. The predicted octanol–water partition coefficient (Wildman–Crippen LogP) is 4.20. The maximum Gasteiger partial charge on any atom is 0.276 e. The van der Waals surface area contributed by atoms with Gasteiger partial charge in [0, 0.05) is 48.3 Å². The maximum absolute atomic E-state index is 12.8. The van der Waals surface area contributed by atoms with Crippen LogP contribution in [0, 0.1) is 0 Å². The number of benzene rings is 1. The third-order valence-electron chi connectivity index (χ3n) is 5.08. The highest BCUT2D eigenvalue weighted by molar-refractivity contribution is 6.15. The monoisotopic (exact) mass is 422 g/mol. The van der Waals surface area contributed by atoms with Crippen molar-refractivity contribution >= 4 is 34.4 Å². The van der Waals surface area contributed by atoms with Crippen LogP contribution >= 0.6 is 0 Å². The molecule has 0 saturated heterocycles. The van der Waals surface area contributed by atoms with Gasteiger partial charge in [0.05, 0.1) is 11.2 Å². The van der Waals surface area contributed by atoms with Gasteiger partial charge >= 0.3 is 0 Å². The number of carbonyl (C=O) groups is 2. The average molecular weight is 422 g/mol. The molecular formula is C24H18N6O2. The van der Waals surface area contributed by atoms with E-state index in [1.807, 2.05) is 30.3 Å². The van der Waals surface area contributed by atoms with Crippen molar-refractivity contribution in [2.75, 3.05) is 5.32 Å². The van der Waals surface area contributed by atoms with Crippen LogP contribution in [0.4, 0.5) is 5.95 Å². The molecule has 0 spiro atoms. The van der Waals surface area contributed by atoms with Gasteiger partial charge in [-0.2, -0.15) is 0 Å². The number of allylic oxidation sites excluding steroid dienone is 1. The minimum atomic E-state index is -0.403. The molecule has 0 aliphatic carbocycles. The molecule has 4 heterocycles. The summed E-state index contributed by atoms with van der Waals surface area (Å²) in [5, 5.41) is 2.74. The van der Waals surface area contributed by atoms with E-state index in [0.29, 0.717) is 28.7 Å². The summed E-state index contributed by atoms with van der Waals surface area (Å²) in [7, 11) is 0. The number of imidazole rings is 1. The summed E-state index contributed by atoms with van der Waals surface area (Å²) >= 11 is 0. The molecule has 0 radical (unpaired) electrons. The first-order chi connectivity index (χ1) is 15.7. The first kappa shape index (κ1) is 19.5. The number of aliphatic imine (C=N–C) groups is 1. The topological polar surface area (TPSA) is 113 Å². The normalized spacial score (nSPS) is 12.7. The van der Waals surface area contributed by atoms with Crippen molar-refractivity contribution in [1.82, 2.24) is 19.9 Å². The Morgan fingerprint density at radius 3 is 2.66 bits per heavy atom. The van der Waals surface area contributed by atoms with Crippen LogP contribution in [-0.2, 0) is 0 Å². The number of aromatic amines is 1. The van der Waals surface area contributed by atoms with Gasteiger partial charge in [0.1, 0.15) is 11.2 Å². The predicted molar refractivity (Wildman–Crippen MR) is 122 cm³/mol. The Bertz CT molecular complexity index is 1390. The first-order valence-corrected chi connectivity index (χ1v) is 10.1. The number of carbonyl (C=O) groups excluding carboxylic acids is 2. The van der Waals surface area contributed by atoms with E-state index in [2.05, 4.69) is 30.2 Å². The fourth-order valence-corrected chi connectivity index (χ4v) is 3.53. The van der Waals surface area contributed by atoms with Crippen molar-refractivity contribution < 1.29 is 9.59 Å². The van der Waals surface area contributed by atoms with E-state index >= 15 is 0 Å². The Hall–Kier alpha value is -4.46. The number of hydrogen-bond donors (Lipinski definition) is 2. The number of nitrogens with zero attached hydrogens (tertiary/aromatic N) is 4. The molecule has 0 saturated carbocycles. The van der Waals surface area contributed by atoms with Crippen molar-refractivity contribution in [3.63, 3.8) is 0 Å². The minimum absolute atomic E-state index is 0.0610. The summed E-state index contributed by atoms with van der Waals surface area (Å²) < 4.78 is 0. The number of pyridine rings is 2. The number of rotatable bonds is 6. The Balaban J connectivity index is 1.38. The molecule has 2 N–H and O–H groups in total. The Morgan fingerprint density at radius 2 is 1.84 bits per heavy atom. The number of Topliss-reactive ketones (excluding diaryl/α,β-unsaturated/α-hetero) is 1. The van der Waals surface area contributed by atoms with Gasteiger partial charge in [0.15, 0.2) is 5.78 Å². The zero-order valence-corrected chi connectivity index (χ0v) is 16.9. The summed E-state index contributed by atoms with van der Waals surface area (Å²) in [6, 6.07) is 14.2. The standard InChI is InChI=1S/C24H18N6O2/c31-21(14-16-4-3-11-26-16)17-5-1-7-19-22(17)29-24(28-19)30-23(32)20-8-2-6-18(27-20)15-9-12-25-13-10-15/h1-3,5-13H,4,14H2,(H2,28,29,30,32). The number of fused-ring (bicyclic) bond motifs is 1. The van der Waals surface area contributed by atoms with Crippen LogP contribution < -0.4 is 5.32 Å². The van der Waals surface area contributed by atoms with Gasteiger partial charge in [-0.15, -0.1) is 0 Å². The van der Waals surface area contributed by atoms with Crippen LogP contribution in [0.3, 0.4) is 0 Å². The molecule has 5 rings (SSSR count). The van der Waals surface area contributed by atoms with Gasteiger partial charge in [-0.3, -0.25) is 24.9 Å². The lowest BCUT2D eigenvalue weighted by molar-refractivity contribution is 0.0998. The average Bonchev–Trinajstić information content (AvgIpc) is 3.48. The molecule has 1 amide bonds. The Morgan fingerprint density at radius 1 is 1.00 bits per heavy atom. The van der Waals surface area contributed by atoms with E-state index in [1.54, 1.807) is 42.9 Å². The van der Waals surface area contributed by atoms with Gasteiger partial charge in [-0.1, -0.05) is 18.2 Å². The third-order valence-corrected chi connectivity index (χ3v) is 5.08. The van der Waals surface area contributed by atoms with Crippen LogP contribution in [0.2, 0.25) is 0 Å². The van der Waals surface area contributed by atoms with E-state index in [1.165, 1.54) is 0 Å². The summed E-state index contributed by atoms with van der Waals surface area (Å²) in [5.74, 6) is -0.213. The van der Waals surface area contributed by atoms with Crippen LogP contribution in [0.1, 0.15) is 33.7 Å². The molecule has 3 aromatic heterocycles. The number of nitrogens with one attached hydrogen (secondary N) is 2. The van der Waals surface area contributed by atoms with Gasteiger partial charge in [0.2, 0.25) is 5.95 Å². The molecule has 0 bridgehead atoms. The van der Waals surface area contributed by atoms with E-state index in [-0.39, 0.29) is 23.8 Å². The number of ketones is 1. The lowest BCUT2D eigenvalue weighted by Gasteiger charge is -2.04. The smallest absolute Gasteiger partial charge is 0.276 e. The highest BCUT2D eigenvalue weighted by atomic mass is 16.2. The van der Waals surface area contributed by atoms with Gasteiger partial charge in [0.25, 0.3) is 5.91 Å². The molecule has 156 valence electrons. The van der Waals surface area contributed by atoms with Gasteiger partial charge in [-0.25, -0.2) is 9.97 Å². The third kappa shape index (κ3) is 3.93. The zero-order valence-electron chi connectivity index (χ0n) is 16.9.